The molecule has 11 atom stereocenters. The molecule has 5 aliphatic rings. The summed E-state index contributed by atoms with van der Waals surface area (Å²) >= 11 is 0. The third-order valence-corrected chi connectivity index (χ3v) is 13.3. The van der Waals surface area contributed by atoms with Crippen LogP contribution in [-0.4, -0.2) is 11.2 Å². The lowest BCUT2D eigenvalue weighted by atomic mass is 9.43. The van der Waals surface area contributed by atoms with Crippen LogP contribution in [-0.2, 0) is 0 Å². The number of aliphatic hydroxyl groups excluding tert-OH is 1. The van der Waals surface area contributed by atoms with Crippen molar-refractivity contribution in [1.29, 1.82) is 0 Å². The van der Waals surface area contributed by atoms with E-state index in [1.54, 1.807) is 0 Å². The quantitative estimate of drug-likeness (QED) is 0.441. The molecule has 0 saturated heterocycles. The average molecular weight is 427 g/mol. The van der Waals surface area contributed by atoms with Gasteiger partial charge in [-0.25, -0.2) is 0 Å². The lowest BCUT2D eigenvalue weighted by Crippen LogP contribution is -2.55. The van der Waals surface area contributed by atoms with Gasteiger partial charge in [0.15, 0.2) is 0 Å². The maximum Gasteiger partial charge on any atom is 0.0568 e. The van der Waals surface area contributed by atoms with E-state index in [2.05, 4.69) is 48.1 Å². The largest absolute Gasteiger partial charge is 0.393 e. The molecule has 0 amide bonds. The molecule has 2 spiro atoms. The summed E-state index contributed by atoms with van der Waals surface area (Å²) in [5, 5.41) is 10.6. The predicted molar refractivity (Wildman–Crippen MR) is 131 cm³/mol. The molecule has 0 radical (unpaired) electrons. The van der Waals surface area contributed by atoms with Crippen LogP contribution in [0.3, 0.4) is 0 Å². The molecule has 1 N–H and O–H groups in total. The lowest BCUT2D eigenvalue weighted by molar-refractivity contribution is -0.143. The second kappa shape index (κ2) is 7.10. The van der Waals surface area contributed by atoms with Gasteiger partial charge >= 0.3 is 0 Å². The Balaban J connectivity index is 1.37. The number of fused-ring (bicyclic) bond motifs is 2. The standard InChI is InChI=1S/C30H50O/c1-19(2)20(3)8-9-21(4)23-12-14-28(7)26-11-10-24-22(5)25(31)13-15-29(24)18-30(26,29)17-16-27(23,28)6/h20-26,31H,1,8-18H2,2-7H3/t20-,21-,22+,23-,24+,25+,26+,27-,28+,29-,30+/m1/s1. The van der Waals surface area contributed by atoms with E-state index >= 15 is 0 Å². The normalized spacial score (nSPS) is 54.7. The summed E-state index contributed by atoms with van der Waals surface area (Å²) in [6.45, 7) is 19.2. The van der Waals surface area contributed by atoms with Gasteiger partial charge in [0, 0.05) is 0 Å². The van der Waals surface area contributed by atoms with Crippen molar-refractivity contribution in [2.45, 2.75) is 118 Å². The van der Waals surface area contributed by atoms with Crippen molar-refractivity contribution in [2.75, 3.05) is 0 Å². The van der Waals surface area contributed by atoms with Gasteiger partial charge in [0.05, 0.1) is 6.10 Å². The Morgan fingerprint density at radius 2 is 1.68 bits per heavy atom. The van der Waals surface area contributed by atoms with E-state index in [9.17, 15) is 5.11 Å². The molecule has 0 bridgehead atoms. The van der Waals surface area contributed by atoms with Gasteiger partial charge in [-0.1, -0.05) is 46.8 Å². The SMILES string of the molecule is C=C(C)[C@H](C)CC[C@@H](C)[C@H]1CC[C@@]2(C)[C@@H]3CC[C@H]4[C@H](C)[C@@H](O)CC[C@@]45C[C@@]35CC[C@]12C. The highest BCUT2D eigenvalue weighted by Gasteiger charge is 2.81. The maximum atomic E-state index is 10.6. The molecule has 0 aromatic heterocycles. The number of rotatable bonds is 5. The molecule has 0 unspecified atom stereocenters. The van der Waals surface area contributed by atoms with Crippen LogP contribution >= 0.6 is 0 Å². The van der Waals surface area contributed by atoms with Crippen molar-refractivity contribution < 1.29 is 5.11 Å². The first kappa shape index (κ1) is 22.5. The third kappa shape index (κ3) is 2.77. The summed E-state index contributed by atoms with van der Waals surface area (Å²) in [7, 11) is 0. The second-order valence-corrected chi connectivity index (χ2v) is 14.0. The molecule has 5 rings (SSSR count). The Morgan fingerprint density at radius 3 is 2.39 bits per heavy atom. The number of allylic oxidation sites excluding steroid dienone is 1. The molecule has 5 fully saturated rings. The van der Waals surface area contributed by atoms with Gasteiger partial charge < -0.3 is 5.11 Å². The fourth-order valence-electron chi connectivity index (χ4n) is 10.9. The molecule has 0 aromatic carbocycles. The van der Waals surface area contributed by atoms with Gasteiger partial charge in [-0.15, -0.1) is 0 Å². The zero-order valence-electron chi connectivity index (χ0n) is 21.5. The minimum atomic E-state index is -0.0347. The molecule has 1 heteroatoms. The van der Waals surface area contributed by atoms with Crippen LogP contribution in [0.4, 0.5) is 0 Å². The van der Waals surface area contributed by atoms with Crippen LogP contribution in [0.1, 0.15) is 112 Å². The molecule has 0 heterocycles. The van der Waals surface area contributed by atoms with Gasteiger partial charge in [0.25, 0.3) is 0 Å². The Labute approximate surface area is 192 Å². The molecular weight excluding hydrogens is 376 g/mol. The molecule has 31 heavy (non-hydrogen) atoms. The van der Waals surface area contributed by atoms with Gasteiger partial charge in [0.2, 0.25) is 0 Å². The summed E-state index contributed by atoms with van der Waals surface area (Å²) < 4.78 is 0. The van der Waals surface area contributed by atoms with Crippen molar-refractivity contribution in [3.63, 3.8) is 0 Å². The zero-order valence-corrected chi connectivity index (χ0v) is 21.5. The summed E-state index contributed by atoms with van der Waals surface area (Å²) in [5.74, 6) is 4.71. The minimum absolute atomic E-state index is 0.0347. The van der Waals surface area contributed by atoms with Crippen LogP contribution in [0, 0.1) is 57.2 Å². The van der Waals surface area contributed by atoms with E-state index in [-0.39, 0.29) is 6.10 Å². The van der Waals surface area contributed by atoms with Crippen molar-refractivity contribution in [3.8, 4) is 0 Å². The Morgan fingerprint density at radius 1 is 0.935 bits per heavy atom. The lowest BCUT2D eigenvalue weighted by Gasteiger charge is -2.62. The highest BCUT2D eigenvalue weighted by atomic mass is 16.3. The monoisotopic (exact) mass is 426 g/mol. The van der Waals surface area contributed by atoms with Crippen molar-refractivity contribution in [2.24, 2.45) is 57.2 Å². The first-order valence-corrected chi connectivity index (χ1v) is 13.9. The van der Waals surface area contributed by atoms with E-state index in [0.29, 0.717) is 33.5 Å². The van der Waals surface area contributed by atoms with Crippen LogP contribution in [0.25, 0.3) is 0 Å². The van der Waals surface area contributed by atoms with Crippen molar-refractivity contribution in [1.82, 2.24) is 0 Å². The third-order valence-electron chi connectivity index (χ3n) is 13.3. The zero-order chi connectivity index (χ0) is 22.4. The molecule has 0 aromatic rings. The van der Waals surface area contributed by atoms with E-state index in [0.717, 1.165) is 30.1 Å². The van der Waals surface area contributed by atoms with E-state index in [1.807, 2.05) is 0 Å². The molecule has 5 aliphatic carbocycles. The van der Waals surface area contributed by atoms with E-state index < -0.39 is 0 Å². The van der Waals surface area contributed by atoms with Crippen molar-refractivity contribution in [3.05, 3.63) is 12.2 Å². The fraction of sp³-hybridized carbons (Fsp3) is 0.933. The Bertz CT molecular complexity index is 741. The summed E-state index contributed by atoms with van der Waals surface area (Å²) in [4.78, 5) is 0. The van der Waals surface area contributed by atoms with Gasteiger partial charge in [-0.3, -0.25) is 0 Å². The van der Waals surface area contributed by atoms with Crippen LogP contribution in [0.15, 0.2) is 12.2 Å². The molecular formula is C30H50O. The predicted octanol–water partition coefficient (Wildman–Crippen LogP) is 8.02. The van der Waals surface area contributed by atoms with E-state index in [1.165, 1.54) is 69.8 Å². The first-order chi connectivity index (χ1) is 14.5. The number of aliphatic hydroxyl groups is 1. The van der Waals surface area contributed by atoms with Crippen LogP contribution < -0.4 is 0 Å². The second-order valence-electron chi connectivity index (χ2n) is 14.0. The number of hydrogen-bond acceptors (Lipinski definition) is 1. The highest BCUT2D eigenvalue weighted by molar-refractivity contribution is 5.29. The molecule has 5 saturated carbocycles. The highest BCUT2D eigenvalue weighted by Crippen LogP contribution is 2.88. The topological polar surface area (TPSA) is 20.2 Å². The first-order valence-electron chi connectivity index (χ1n) is 13.9. The number of hydrogen-bond donors (Lipinski definition) is 1. The van der Waals surface area contributed by atoms with Crippen molar-refractivity contribution >= 4 is 0 Å². The molecule has 1 nitrogen and oxygen atoms in total. The minimum Gasteiger partial charge on any atom is -0.393 e. The summed E-state index contributed by atoms with van der Waals surface area (Å²) in [6, 6.07) is 0. The summed E-state index contributed by atoms with van der Waals surface area (Å²) in [6.07, 6.45) is 15.3. The average Bonchev–Trinajstić information content (AvgIpc) is 3.31. The van der Waals surface area contributed by atoms with Crippen LogP contribution in [0.2, 0.25) is 0 Å². The maximum absolute atomic E-state index is 10.6. The fourth-order valence-corrected chi connectivity index (χ4v) is 10.9. The van der Waals surface area contributed by atoms with Crippen LogP contribution in [0.5, 0.6) is 0 Å². The van der Waals surface area contributed by atoms with Gasteiger partial charge in [-0.05, 0) is 135 Å². The van der Waals surface area contributed by atoms with Gasteiger partial charge in [0.1, 0.15) is 0 Å². The smallest absolute Gasteiger partial charge is 0.0568 e. The Kier molecular flexibility index (Phi) is 5.15. The Hall–Kier alpha value is -0.300. The molecule has 0 aliphatic heterocycles. The van der Waals surface area contributed by atoms with Gasteiger partial charge in [-0.2, -0.15) is 0 Å². The van der Waals surface area contributed by atoms with E-state index in [4.69, 9.17) is 0 Å². The summed E-state index contributed by atoms with van der Waals surface area (Å²) in [5.41, 5.74) is 3.69. The molecule has 176 valence electrons.